The monoisotopic (exact) mass is 385 g/mol. The van der Waals surface area contributed by atoms with Gasteiger partial charge in [0.25, 0.3) is 5.91 Å². The van der Waals surface area contributed by atoms with Gasteiger partial charge in [-0.2, -0.15) is 0 Å². The molecule has 5 heteroatoms. The van der Waals surface area contributed by atoms with E-state index in [9.17, 15) is 4.79 Å². The van der Waals surface area contributed by atoms with E-state index in [1.807, 2.05) is 18.2 Å². The van der Waals surface area contributed by atoms with E-state index < -0.39 is 0 Å². The smallest absolute Gasteiger partial charge is 0.251 e. The summed E-state index contributed by atoms with van der Waals surface area (Å²) in [7, 11) is 0. The summed E-state index contributed by atoms with van der Waals surface area (Å²) in [6.45, 7) is 13.9. The Morgan fingerprint density at radius 1 is 1.15 bits per heavy atom. The molecule has 3 rings (SSSR count). The van der Waals surface area contributed by atoms with E-state index in [2.05, 4.69) is 60.3 Å². The van der Waals surface area contributed by atoms with Crippen molar-refractivity contribution in [3.63, 3.8) is 0 Å². The van der Waals surface area contributed by atoms with Crippen LogP contribution in [0.1, 0.15) is 46.3 Å². The van der Waals surface area contributed by atoms with E-state index in [0.29, 0.717) is 0 Å². The van der Waals surface area contributed by atoms with Gasteiger partial charge >= 0.3 is 0 Å². The minimum Gasteiger partial charge on any atom is -0.348 e. The zero-order chi connectivity index (χ0) is 19.4. The Kier molecular flexibility index (Phi) is 6.68. The molecule has 2 aromatic rings. The van der Waals surface area contributed by atoms with Crippen LogP contribution in [0.4, 0.5) is 0 Å². The Bertz CT molecular complexity index is 751. The summed E-state index contributed by atoms with van der Waals surface area (Å²) in [5.41, 5.74) is 3.11. The number of rotatable bonds is 6. The molecule has 0 saturated carbocycles. The number of thiophene rings is 1. The summed E-state index contributed by atoms with van der Waals surface area (Å²) in [6, 6.07) is 10.5. The van der Waals surface area contributed by atoms with Crippen LogP contribution in [0.3, 0.4) is 0 Å². The van der Waals surface area contributed by atoms with Crippen molar-refractivity contribution in [2.45, 2.75) is 39.8 Å². The number of carbonyl (C=O) groups is 1. The van der Waals surface area contributed by atoms with Crippen LogP contribution in [0.2, 0.25) is 0 Å². The fourth-order valence-electron chi connectivity index (χ4n) is 3.81. The lowest BCUT2D eigenvalue weighted by Gasteiger charge is -2.41. The lowest BCUT2D eigenvalue weighted by molar-refractivity contribution is 0.0753. The van der Waals surface area contributed by atoms with Gasteiger partial charge in [0.15, 0.2) is 0 Å². The van der Waals surface area contributed by atoms with E-state index >= 15 is 0 Å². The van der Waals surface area contributed by atoms with Crippen LogP contribution in [0.15, 0.2) is 35.7 Å². The largest absolute Gasteiger partial charge is 0.348 e. The number of nitrogens with one attached hydrogen (secondary N) is 1. The highest BCUT2D eigenvalue weighted by Gasteiger charge is 2.30. The Morgan fingerprint density at radius 3 is 2.48 bits per heavy atom. The highest BCUT2D eigenvalue weighted by molar-refractivity contribution is 7.10. The molecule has 1 saturated heterocycles. The summed E-state index contributed by atoms with van der Waals surface area (Å²) in [5.74, 6) is 0.0133. The number of likely N-dealkylation sites (N-methyl/N-ethyl adjacent to an activating group) is 1. The zero-order valence-electron chi connectivity index (χ0n) is 16.9. The van der Waals surface area contributed by atoms with Gasteiger partial charge < -0.3 is 10.2 Å². The van der Waals surface area contributed by atoms with Crippen molar-refractivity contribution in [3.8, 4) is 0 Å². The molecule has 0 bridgehead atoms. The second-order valence-corrected chi connectivity index (χ2v) is 8.47. The van der Waals surface area contributed by atoms with Crippen molar-refractivity contribution in [1.29, 1.82) is 0 Å². The van der Waals surface area contributed by atoms with Crippen LogP contribution < -0.4 is 5.32 Å². The third kappa shape index (κ3) is 4.78. The van der Waals surface area contributed by atoms with Gasteiger partial charge in [0.1, 0.15) is 0 Å². The van der Waals surface area contributed by atoms with Crippen LogP contribution >= 0.6 is 11.3 Å². The molecule has 0 unspecified atom stereocenters. The second kappa shape index (κ2) is 9.00. The fraction of sp³-hybridized carbons (Fsp3) is 0.500. The first kappa shape index (κ1) is 20.1. The average molecular weight is 386 g/mol. The SMILES string of the molecule is CCN1CCN([C@@H](c2cccs2)[C@H](C)NC(=O)c2ccc(C)c(C)c2)CC1. The van der Waals surface area contributed by atoms with Crippen LogP contribution in [0, 0.1) is 13.8 Å². The Morgan fingerprint density at radius 2 is 1.89 bits per heavy atom. The molecule has 2 heterocycles. The van der Waals surface area contributed by atoms with Crippen LogP contribution in [0.25, 0.3) is 0 Å². The number of nitrogens with zero attached hydrogens (tertiary/aromatic N) is 2. The maximum atomic E-state index is 12.8. The minimum atomic E-state index is 0.0133. The van der Waals surface area contributed by atoms with Crippen molar-refractivity contribution in [2.75, 3.05) is 32.7 Å². The third-order valence-corrected chi connectivity index (χ3v) is 6.63. The van der Waals surface area contributed by atoms with Gasteiger partial charge in [-0.1, -0.05) is 19.1 Å². The lowest BCUT2D eigenvalue weighted by Crippen LogP contribution is -2.52. The van der Waals surface area contributed by atoms with E-state index in [-0.39, 0.29) is 18.0 Å². The predicted octanol–water partition coefficient (Wildman–Crippen LogP) is 3.86. The second-order valence-electron chi connectivity index (χ2n) is 7.49. The first-order valence-electron chi connectivity index (χ1n) is 9.87. The van der Waals surface area contributed by atoms with Crippen molar-refractivity contribution in [2.24, 2.45) is 0 Å². The minimum absolute atomic E-state index is 0.0133. The molecule has 1 N–H and O–H groups in total. The highest BCUT2D eigenvalue weighted by Crippen LogP contribution is 2.29. The molecule has 1 amide bonds. The number of aryl methyl sites for hydroxylation is 2. The standard InChI is InChI=1S/C22H31N3OS/c1-5-24-10-12-25(13-11-24)21(20-7-6-14-27-20)18(4)23-22(26)19-9-8-16(2)17(3)15-19/h6-9,14-15,18,21H,5,10-13H2,1-4H3,(H,23,26)/t18-,21+/m0/s1. The number of benzene rings is 1. The quantitative estimate of drug-likeness (QED) is 0.820. The normalized spacial score (nSPS) is 18.2. The first-order chi connectivity index (χ1) is 13.0. The molecule has 0 radical (unpaired) electrons. The fourth-order valence-corrected chi connectivity index (χ4v) is 4.78. The molecule has 1 aliphatic heterocycles. The molecule has 4 nitrogen and oxygen atoms in total. The van der Waals surface area contributed by atoms with E-state index in [0.717, 1.165) is 43.9 Å². The Labute approximate surface area is 167 Å². The summed E-state index contributed by atoms with van der Waals surface area (Å²) >= 11 is 1.78. The number of piperazine rings is 1. The van der Waals surface area contributed by atoms with Crippen LogP contribution in [-0.4, -0.2) is 54.5 Å². The van der Waals surface area contributed by atoms with Gasteiger partial charge in [0.2, 0.25) is 0 Å². The topological polar surface area (TPSA) is 35.6 Å². The number of hydrogen-bond donors (Lipinski definition) is 1. The molecule has 0 spiro atoms. The van der Waals surface area contributed by atoms with Crippen molar-refractivity contribution in [1.82, 2.24) is 15.1 Å². The molecule has 1 aliphatic rings. The van der Waals surface area contributed by atoms with Crippen LogP contribution in [0.5, 0.6) is 0 Å². The van der Waals surface area contributed by atoms with Gasteiger partial charge in [-0.05, 0) is 62.0 Å². The predicted molar refractivity (Wildman–Crippen MR) is 114 cm³/mol. The lowest BCUT2D eigenvalue weighted by atomic mass is 10.0. The van der Waals surface area contributed by atoms with Crippen molar-refractivity contribution >= 4 is 17.2 Å². The maximum Gasteiger partial charge on any atom is 0.251 e. The first-order valence-corrected chi connectivity index (χ1v) is 10.8. The summed E-state index contributed by atoms with van der Waals surface area (Å²) in [5, 5.41) is 5.39. The molecule has 146 valence electrons. The summed E-state index contributed by atoms with van der Waals surface area (Å²) < 4.78 is 0. The molecular weight excluding hydrogens is 354 g/mol. The van der Waals surface area contributed by atoms with Gasteiger partial charge in [-0.3, -0.25) is 9.69 Å². The maximum absolute atomic E-state index is 12.8. The number of amides is 1. The van der Waals surface area contributed by atoms with Crippen LogP contribution in [-0.2, 0) is 0 Å². The average Bonchev–Trinajstić information content (AvgIpc) is 3.18. The molecule has 0 aliphatic carbocycles. The van der Waals surface area contributed by atoms with E-state index in [1.165, 1.54) is 10.4 Å². The summed E-state index contributed by atoms with van der Waals surface area (Å²) in [6.07, 6.45) is 0. The molecular formula is C22H31N3OS. The molecule has 2 atom stereocenters. The molecule has 1 aromatic carbocycles. The molecule has 1 aromatic heterocycles. The summed E-state index contributed by atoms with van der Waals surface area (Å²) in [4.78, 5) is 19.2. The van der Waals surface area contributed by atoms with E-state index in [1.54, 1.807) is 11.3 Å². The van der Waals surface area contributed by atoms with Gasteiger partial charge in [0.05, 0.1) is 6.04 Å². The molecule has 27 heavy (non-hydrogen) atoms. The Hall–Kier alpha value is -1.69. The third-order valence-electron chi connectivity index (χ3n) is 5.68. The van der Waals surface area contributed by atoms with Crippen molar-refractivity contribution < 1.29 is 4.79 Å². The van der Waals surface area contributed by atoms with Gasteiger partial charge in [-0.25, -0.2) is 0 Å². The highest BCUT2D eigenvalue weighted by atomic mass is 32.1. The Balaban J connectivity index is 1.74. The number of carbonyl (C=O) groups excluding carboxylic acids is 1. The van der Waals surface area contributed by atoms with Crippen molar-refractivity contribution in [3.05, 3.63) is 57.3 Å². The van der Waals surface area contributed by atoms with E-state index in [4.69, 9.17) is 0 Å². The van der Waals surface area contributed by atoms with Gasteiger partial charge in [-0.15, -0.1) is 11.3 Å². The number of hydrogen-bond acceptors (Lipinski definition) is 4. The molecule has 1 fully saturated rings. The van der Waals surface area contributed by atoms with Gasteiger partial charge in [0, 0.05) is 42.7 Å². The zero-order valence-corrected chi connectivity index (χ0v) is 17.7.